The van der Waals surface area contributed by atoms with Crippen LogP contribution in [-0.4, -0.2) is 15.0 Å². The summed E-state index contributed by atoms with van der Waals surface area (Å²) in [5.74, 6) is 0.704. The van der Waals surface area contributed by atoms with Crippen molar-refractivity contribution in [2.75, 3.05) is 22.3 Å². The minimum Gasteiger partial charge on any atom is -0.397 e. The first-order valence-electron chi connectivity index (χ1n) is 8.24. The number of benzene rings is 1. The highest BCUT2D eigenvalue weighted by molar-refractivity contribution is 7.94. The standard InChI is InChI=1S/C17H23N3O2S2/c18-15-11-14(20-24(21,22)17-7-4-10-23-17)8-9-16(15)19-12-13-5-2-1-3-6-13/h4,7-11,13,19-20H,1-3,5-6,12,18H2. The fraction of sp³-hybridized carbons (Fsp3) is 0.412. The Bertz CT molecular complexity index is 767. The molecule has 130 valence electrons. The van der Waals surface area contributed by atoms with Crippen molar-refractivity contribution in [3.8, 4) is 0 Å². The van der Waals surface area contributed by atoms with E-state index in [-0.39, 0.29) is 0 Å². The van der Waals surface area contributed by atoms with Gasteiger partial charge in [-0.05, 0) is 48.4 Å². The first kappa shape index (κ1) is 17.1. The van der Waals surface area contributed by atoms with Crippen LogP contribution in [0, 0.1) is 5.92 Å². The van der Waals surface area contributed by atoms with Gasteiger partial charge in [0.05, 0.1) is 17.1 Å². The first-order chi connectivity index (χ1) is 11.5. The molecule has 2 aromatic rings. The summed E-state index contributed by atoms with van der Waals surface area (Å²) in [6, 6.07) is 8.53. The quantitative estimate of drug-likeness (QED) is 0.672. The van der Waals surface area contributed by atoms with E-state index >= 15 is 0 Å². The molecule has 4 N–H and O–H groups in total. The molecule has 0 radical (unpaired) electrons. The molecule has 24 heavy (non-hydrogen) atoms. The molecule has 1 aliphatic carbocycles. The number of hydrogen-bond acceptors (Lipinski definition) is 5. The SMILES string of the molecule is Nc1cc(NS(=O)(=O)c2cccs2)ccc1NCC1CCCCC1. The number of nitrogens with one attached hydrogen (secondary N) is 2. The molecule has 0 aliphatic heterocycles. The van der Waals surface area contributed by atoms with E-state index in [1.807, 2.05) is 6.07 Å². The van der Waals surface area contributed by atoms with Crippen molar-refractivity contribution >= 4 is 38.4 Å². The molecule has 1 heterocycles. The molecule has 1 aromatic heterocycles. The number of nitrogen functional groups attached to an aromatic ring is 1. The molecule has 0 unspecified atom stereocenters. The molecule has 0 amide bonds. The normalized spacial score (nSPS) is 16.0. The second-order valence-corrected chi connectivity index (χ2v) is 9.08. The second kappa shape index (κ2) is 7.44. The summed E-state index contributed by atoms with van der Waals surface area (Å²) in [5.41, 5.74) is 7.97. The van der Waals surface area contributed by atoms with E-state index < -0.39 is 10.0 Å². The Kier molecular flexibility index (Phi) is 5.30. The van der Waals surface area contributed by atoms with Crippen LogP contribution in [-0.2, 0) is 10.0 Å². The monoisotopic (exact) mass is 365 g/mol. The molecule has 3 rings (SSSR count). The summed E-state index contributed by atoms with van der Waals surface area (Å²) >= 11 is 1.19. The van der Waals surface area contributed by atoms with Crippen LogP contribution in [0.5, 0.6) is 0 Å². The van der Waals surface area contributed by atoms with Crippen LogP contribution in [0.15, 0.2) is 39.9 Å². The third-order valence-corrected chi connectivity index (χ3v) is 7.15. The van der Waals surface area contributed by atoms with Gasteiger partial charge in [0.1, 0.15) is 4.21 Å². The van der Waals surface area contributed by atoms with Gasteiger partial charge in [-0.15, -0.1) is 11.3 Å². The van der Waals surface area contributed by atoms with Gasteiger partial charge >= 0.3 is 0 Å². The van der Waals surface area contributed by atoms with Gasteiger partial charge < -0.3 is 11.1 Å². The lowest BCUT2D eigenvalue weighted by Crippen LogP contribution is -2.18. The zero-order valence-electron chi connectivity index (χ0n) is 13.5. The lowest BCUT2D eigenvalue weighted by molar-refractivity contribution is 0.373. The number of rotatable bonds is 6. The van der Waals surface area contributed by atoms with Gasteiger partial charge in [-0.1, -0.05) is 25.3 Å². The van der Waals surface area contributed by atoms with Crippen molar-refractivity contribution < 1.29 is 8.42 Å². The third-order valence-electron chi connectivity index (χ3n) is 4.37. The van der Waals surface area contributed by atoms with Crippen LogP contribution < -0.4 is 15.8 Å². The summed E-state index contributed by atoms with van der Waals surface area (Å²) in [5, 5.41) is 5.14. The van der Waals surface area contributed by atoms with Crippen LogP contribution in [0.4, 0.5) is 17.1 Å². The minimum absolute atomic E-state index is 0.292. The van der Waals surface area contributed by atoms with Gasteiger partial charge in [-0.2, -0.15) is 0 Å². The highest BCUT2D eigenvalue weighted by Crippen LogP contribution is 2.28. The molecular formula is C17H23N3O2S2. The van der Waals surface area contributed by atoms with Gasteiger partial charge in [-0.3, -0.25) is 4.72 Å². The van der Waals surface area contributed by atoms with Crippen molar-refractivity contribution in [3.63, 3.8) is 0 Å². The average molecular weight is 366 g/mol. The molecule has 1 aliphatic rings. The highest BCUT2D eigenvalue weighted by Gasteiger charge is 2.16. The highest BCUT2D eigenvalue weighted by atomic mass is 32.2. The van der Waals surface area contributed by atoms with Gasteiger partial charge in [0.2, 0.25) is 0 Å². The molecule has 0 atom stereocenters. The minimum atomic E-state index is -3.54. The molecule has 5 nitrogen and oxygen atoms in total. The van der Waals surface area contributed by atoms with Gasteiger partial charge in [0, 0.05) is 6.54 Å². The van der Waals surface area contributed by atoms with E-state index in [1.165, 1.54) is 43.4 Å². The number of thiophene rings is 1. The summed E-state index contributed by atoms with van der Waals surface area (Å²) < 4.78 is 27.3. The molecule has 0 bridgehead atoms. The topological polar surface area (TPSA) is 84.2 Å². The number of nitrogens with two attached hydrogens (primary N) is 1. The smallest absolute Gasteiger partial charge is 0.271 e. The summed E-state index contributed by atoms with van der Waals surface area (Å²) in [6.45, 7) is 0.921. The van der Waals surface area contributed by atoms with Crippen LogP contribution in [0.25, 0.3) is 0 Å². The van der Waals surface area contributed by atoms with Gasteiger partial charge in [0.25, 0.3) is 10.0 Å². The molecule has 1 aromatic carbocycles. The molecule has 1 saturated carbocycles. The largest absolute Gasteiger partial charge is 0.397 e. The van der Waals surface area contributed by atoms with Crippen molar-refractivity contribution in [2.45, 2.75) is 36.3 Å². The van der Waals surface area contributed by atoms with Crippen LogP contribution in [0.3, 0.4) is 0 Å². The van der Waals surface area contributed by atoms with Crippen molar-refractivity contribution in [1.82, 2.24) is 0 Å². The van der Waals surface area contributed by atoms with Crippen LogP contribution >= 0.6 is 11.3 Å². The zero-order chi connectivity index (χ0) is 17.0. The number of anilines is 3. The summed E-state index contributed by atoms with van der Waals surface area (Å²) in [7, 11) is -3.54. The molecule has 0 saturated heterocycles. The Morgan fingerprint density at radius 1 is 1.17 bits per heavy atom. The van der Waals surface area contributed by atoms with E-state index in [4.69, 9.17) is 5.73 Å². The van der Waals surface area contributed by atoms with Gasteiger partial charge in [0.15, 0.2) is 0 Å². The Morgan fingerprint density at radius 2 is 1.96 bits per heavy atom. The molecule has 1 fully saturated rings. The predicted molar refractivity (Wildman–Crippen MR) is 101 cm³/mol. The van der Waals surface area contributed by atoms with E-state index in [0.717, 1.165) is 12.2 Å². The lowest BCUT2D eigenvalue weighted by Gasteiger charge is -2.22. The Balaban J connectivity index is 1.64. The number of sulfonamides is 1. The van der Waals surface area contributed by atoms with Crippen molar-refractivity contribution in [3.05, 3.63) is 35.7 Å². The summed E-state index contributed by atoms with van der Waals surface area (Å²) in [6.07, 6.45) is 6.51. The third kappa shape index (κ3) is 4.21. The number of hydrogen-bond donors (Lipinski definition) is 3. The van der Waals surface area contributed by atoms with E-state index in [2.05, 4.69) is 10.0 Å². The predicted octanol–water partition coefficient (Wildman–Crippen LogP) is 4.12. The molecule has 0 spiro atoms. The van der Waals surface area contributed by atoms with Crippen LogP contribution in [0.2, 0.25) is 0 Å². The fourth-order valence-corrected chi connectivity index (χ4v) is 5.10. The second-order valence-electron chi connectivity index (χ2n) is 6.22. The maximum atomic E-state index is 12.2. The first-order valence-corrected chi connectivity index (χ1v) is 10.6. The molecule has 7 heteroatoms. The van der Waals surface area contributed by atoms with E-state index in [1.54, 1.807) is 29.6 Å². The summed E-state index contributed by atoms with van der Waals surface area (Å²) in [4.78, 5) is 0. The Morgan fingerprint density at radius 3 is 2.62 bits per heavy atom. The van der Waals surface area contributed by atoms with Crippen molar-refractivity contribution in [1.29, 1.82) is 0 Å². The van der Waals surface area contributed by atoms with Gasteiger partial charge in [-0.25, -0.2) is 8.42 Å². The maximum absolute atomic E-state index is 12.2. The fourth-order valence-electron chi connectivity index (χ4n) is 3.05. The Labute approximate surface area is 147 Å². The lowest BCUT2D eigenvalue weighted by atomic mass is 9.89. The molecular weight excluding hydrogens is 342 g/mol. The average Bonchev–Trinajstić information content (AvgIpc) is 3.10. The zero-order valence-corrected chi connectivity index (χ0v) is 15.1. The van der Waals surface area contributed by atoms with Crippen molar-refractivity contribution in [2.24, 2.45) is 5.92 Å². The maximum Gasteiger partial charge on any atom is 0.271 e. The van der Waals surface area contributed by atoms with E-state index in [9.17, 15) is 8.42 Å². The Hall–Kier alpha value is -1.73. The van der Waals surface area contributed by atoms with E-state index in [0.29, 0.717) is 21.5 Å². The van der Waals surface area contributed by atoms with Crippen LogP contribution in [0.1, 0.15) is 32.1 Å².